The number of nitrogens with one attached hydrogen (secondary N) is 1. The van der Waals surface area contributed by atoms with Crippen LogP contribution in [-0.4, -0.2) is 67.5 Å². The number of nitrogens with zero attached hydrogens (tertiary/aromatic N) is 4. The Morgan fingerprint density at radius 3 is 2.24 bits per heavy atom. The highest BCUT2D eigenvalue weighted by molar-refractivity contribution is 6.43. The van der Waals surface area contributed by atoms with Crippen molar-refractivity contribution in [1.29, 1.82) is 0 Å². The van der Waals surface area contributed by atoms with E-state index in [-0.39, 0.29) is 18.0 Å². The largest absolute Gasteiger partial charge is 0.389 e. The molecule has 3 aromatic carbocycles. The first-order chi connectivity index (χ1) is 18.3. The molecule has 0 saturated carbocycles. The van der Waals surface area contributed by atoms with Crippen molar-refractivity contribution in [2.75, 3.05) is 37.5 Å². The Morgan fingerprint density at radius 1 is 0.947 bits per heavy atom. The maximum absolute atomic E-state index is 13.2. The number of likely N-dealkylation sites (N-methyl/N-ethyl adjacent to an activating group) is 1. The number of carbonyl (C=O) groups excluding carboxylic acids is 2. The van der Waals surface area contributed by atoms with E-state index in [9.17, 15) is 14.7 Å². The number of rotatable bonds is 11. The summed E-state index contributed by atoms with van der Waals surface area (Å²) in [6.07, 6.45) is -0.497. The number of hydrazone groups is 1. The van der Waals surface area contributed by atoms with Crippen LogP contribution in [0, 0.1) is 0 Å². The van der Waals surface area contributed by atoms with Gasteiger partial charge in [0.2, 0.25) is 5.91 Å². The number of hydrogen-bond donors (Lipinski definition) is 2. The van der Waals surface area contributed by atoms with E-state index in [1.54, 1.807) is 0 Å². The van der Waals surface area contributed by atoms with Crippen LogP contribution in [0.4, 0.5) is 11.4 Å². The molecule has 0 spiro atoms. The average molecular weight is 514 g/mol. The molecule has 2 amide bonds. The molecule has 0 fully saturated rings. The van der Waals surface area contributed by atoms with E-state index >= 15 is 0 Å². The maximum atomic E-state index is 13.2. The molecule has 0 radical (unpaired) electrons. The molecular weight excluding hydrogens is 478 g/mol. The van der Waals surface area contributed by atoms with E-state index in [2.05, 4.69) is 16.5 Å². The monoisotopic (exact) mass is 513 g/mol. The SMILES string of the molecule is CN(C)c1cccc(N(C)C[C@@H](O)[C@H](Cc2ccccc2)NC(=O)C2=NN(Cc3ccccc3)C(=O)C2)c1. The van der Waals surface area contributed by atoms with Gasteiger partial charge in [-0.05, 0) is 35.7 Å². The predicted molar refractivity (Wildman–Crippen MR) is 151 cm³/mol. The van der Waals surface area contributed by atoms with Gasteiger partial charge in [0.1, 0.15) is 5.71 Å². The van der Waals surface area contributed by atoms with Crippen molar-refractivity contribution in [3.63, 3.8) is 0 Å². The molecule has 4 rings (SSSR count). The Bertz CT molecular complexity index is 1260. The Hall–Kier alpha value is -4.17. The average Bonchev–Trinajstić information content (AvgIpc) is 3.29. The van der Waals surface area contributed by atoms with Crippen molar-refractivity contribution in [2.24, 2.45) is 5.10 Å². The van der Waals surface area contributed by atoms with Crippen molar-refractivity contribution in [1.82, 2.24) is 10.3 Å². The van der Waals surface area contributed by atoms with Gasteiger partial charge in [-0.25, -0.2) is 5.01 Å². The van der Waals surface area contributed by atoms with Gasteiger partial charge in [0.25, 0.3) is 5.91 Å². The van der Waals surface area contributed by atoms with Crippen molar-refractivity contribution in [2.45, 2.75) is 31.5 Å². The summed E-state index contributed by atoms with van der Waals surface area (Å²) < 4.78 is 0. The number of carbonyl (C=O) groups is 2. The third-order valence-corrected chi connectivity index (χ3v) is 6.61. The highest BCUT2D eigenvalue weighted by atomic mass is 16.3. The van der Waals surface area contributed by atoms with Crippen molar-refractivity contribution >= 4 is 28.9 Å². The Balaban J connectivity index is 1.47. The molecule has 2 N–H and O–H groups in total. The van der Waals surface area contributed by atoms with Crippen LogP contribution in [0.1, 0.15) is 17.5 Å². The van der Waals surface area contributed by atoms with Gasteiger partial charge in [-0.1, -0.05) is 66.7 Å². The molecule has 3 aromatic rings. The maximum Gasteiger partial charge on any atom is 0.268 e. The van der Waals surface area contributed by atoms with Gasteiger partial charge in [-0.2, -0.15) is 5.10 Å². The van der Waals surface area contributed by atoms with Gasteiger partial charge in [-0.3, -0.25) is 9.59 Å². The van der Waals surface area contributed by atoms with E-state index in [0.29, 0.717) is 19.5 Å². The first-order valence-electron chi connectivity index (χ1n) is 12.7. The first-order valence-corrected chi connectivity index (χ1v) is 12.7. The fourth-order valence-electron chi connectivity index (χ4n) is 4.40. The molecule has 0 aromatic heterocycles. The van der Waals surface area contributed by atoms with E-state index in [1.807, 2.05) is 110 Å². The van der Waals surface area contributed by atoms with Gasteiger partial charge >= 0.3 is 0 Å². The van der Waals surface area contributed by atoms with Crippen molar-refractivity contribution in [3.8, 4) is 0 Å². The molecular formula is C30H35N5O3. The van der Waals surface area contributed by atoms with E-state index in [0.717, 1.165) is 22.5 Å². The van der Waals surface area contributed by atoms with Crippen molar-refractivity contribution in [3.05, 3.63) is 96.1 Å². The summed E-state index contributed by atoms with van der Waals surface area (Å²) in [6.45, 7) is 0.615. The van der Waals surface area contributed by atoms with E-state index in [4.69, 9.17) is 0 Å². The zero-order valence-corrected chi connectivity index (χ0v) is 22.1. The van der Waals surface area contributed by atoms with Gasteiger partial charge in [-0.15, -0.1) is 0 Å². The number of aliphatic hydroxyl groups excluding tert-OH is 1. The molecule has 38 heavy (non-hydrogen) atoms. The Morgan fingerprint density at radius 2 is 1.58 bits per heavy atom. The highest BCUT2D eigenvalue weighted by Crippen LogP contribution is 2.21. The number of aliphatic hydroxyl groups is 1. The molecule has 1 aliphatic rings. The molecule has 0 bridgehead atoms. The lowest BCUT2D eigenvalue weighted by Crippen LogP contribution is -2.50. The lowest BCUT2D eigenvalue weighted by molar-refractivity contribution is -0.129. The summed E-state index contributed by atoms with van der Waals surface area (Å²) in [5, 5.41) is 19.9. The van der Waals surface area contributed by atoms with E-state index < -0.39 is 18.1 Å². The second kappa shape index (κ2) is 12.4. The number of anilines is 2. The quantitative estimate of drug-likeness (QED) is 0.412. The highest BCUT2D eigenvalue weighted by Gasteiger charge is 2.31. The summed E-state index contributed by atoms with van der Waals surface area (Å²) in [5.41, 5.74) is 4.10. The van der Waals surface area contributed by atoms with Crippen molar-refractivity contribution < 1.29 is 14.7 Å². The van der Waals surface area contributed by atoms with Gasteiger partial charge in [0.05, 0.1) is 25.1 Å². The van der Waals surface area contributed by atoms with E-state index in [1.165, 1.54) is 5.01 Å². The number of benzene rings is 3. The zero-order chi connectivity index (χ0) is 27.1. The first kappa shape index (κ1) is 26.9. The summed E-state index contributed by atoms with van der Waals surface area (Å²) in [4.78, 5) is 29.8. The summed E-state index contributed by atoms with van der Waals surface area (Å²) in [6, 6.07) is 26.7. The standard InChI is InChI=1S/C30H35N5O3/c1-33(2)24-15-10-16-25(18-24)34(3)21-28(36)26(17-22-11-6-4-7-12-22)31-30(38)27-19-29(37)35(32-27)20-23-13-8-5-9-14-23/h4-16,18,26,28,36H,17,19-21H2,1-3H3,(H,31,38)/t26-,28+/m0/s1. The molecule has 2 atom stereocenters. The molecule has 8 nitrogen and oxygen atoms in total. The molecule has 1 heterocycles. The summed E-state index contributed by atoms with van der Waals surface area (Å²) >= 11 is 0. The van der Waals surface area contributed by atoms with Crippen LogP contribution < -0.4 is 15.1 Å². The second-order valence-electron chi connectivity index (χ2n) is 9.79. The summed E-state index contributed by atoms with van der Waals surface area (Å²) in [5.74, 6) is -0.661. The third kappa shape index (κ3) is 6.98. The molecule has 1 aliphatic heterocycles. The predicted octanol–water partition coefficient (Wildman–Crippen LogP) is 3.07. The topological polar surface area (TPSA) is 88.5 Å². The van der Waals surface area contributed by atoms with Crippen LogP contribution >= 0.6 is 0 Å². The van der Waals surface area contributed by atoms with Crippen LogP contribution in [0.3, 0.4) is 0 Å². The van der Waals surface area contributed by atoms with Gasteiger partial charge in [0.15, 0.2) is 0 Å². The Labute approximate surface area is 224 Å². The second-order valence-corrected chi connectivity index (χ2v) is 9.79. The van der Waals surface area contributed by atoms with Crippen LogP contribution in [0.2, 0.25) is 0 Å². The fourth-order valence-corrected chi connectivity index (χ4v) is 4.40. The molecule has 8 heteroatoms. The molecule has 0 saturated heterocycles. The molecule has 198 valence electrons. The van der Waals surface area contributed by atoms with Crippen LogP contribution in [0.15, 0.2) is 90.0 Å². The normalized spacial score (nSPS) is 14.6. The third-order valence-electron chi connectivity index (χ3n) is 6.61. The smallest absolute Gasteiger partial charge is 0.268 e. The molecule has 0 unspecified atom stereocenters. The zero-order valence-electron chi connectivity index (χ0n) is 22.1. The summed E-state index contributed by atoms with van der Waals surface area (Å²) in [7, 11) is 5.88. The van der Waals surface area contributed by atoms with Gasteiger partial charge < -0.3 is 20.2 Å². The lowest BCUT2D eigenvalue weighted by atomic mass is 10.00. The molecule has 0 aliphatic carbocycles. The van der Waals surface area contributed by atoms with Gasteiger partial charge in [0, 0.05) is 39.1 Å². The van der Waals surface area contributed by atoms with Crippen LogP contribution in [0.25, 0.3) is 0 Å². The lowest BCUT2D eigenvalue weighted by Gasteiger charge is -2.29. The minimum Gasteiger partial charge on any atom is -0.389 e. The minimum absolute atomic E-state index is 0.0654. The number of hydrogen-bond acceptors (Lipinski definition) is 6. The fraction of sp³-hybridized carbons (Fsp3) is 0.300. The van der Waals surface area contributed by atoms with Crippen LogP contribution in [0.5, 0.6) is 0 Å². The number of amides is 2. The Kier molecular flexibility index (Phi) is 8.76. The van der Waals surface area contributed by atoms with Crippen LogP contribution in [-0.2, 0) is 22.6 Å². The minimum atomic E-state index is -0.870.